The first-order chi connectivity index (χ1) is 9.72. The summed E-state index contributed by atoms with van der Waals surface area (Å²) in [5.74, 6) is 1.05. The smallest absolute Gasteiger partial charge is 0.234 e. The molecule has 1 aliphatic carbocycles. The van der Waals surface area contributed by atoms with E-state index in [2.05, 4.69) is 10.1 Å². The molecule has 0 atom stereocenters. The molecule has 106 valence electrons. The molecule has 1 fully saturated rings. The van der Waals surface area contributed by atoms with Crippen LogP contribution in [0.3, 0.4) is 0 Å². The van der Waals surface area contributed by atoms with E-state index in [-0.39, 0.29) is 11.2 Å². The average Bonchev–Trinajstić information content (AvgIpc) is 3.11. The lowest BCUT2D eigenvalue weighted by atomic mass is 9.86. The molecule has 1 aliphatic rings. The summed E-state index contributed by atoms with van der Waals surface area (Å²) in [6, 6.07) is 6.35. The highest BCUT2D eigenvalue weighted by Crippen LogP contribution is 2.39. The maximum Gasteiger partial charge on any atom is 0.234 e. The SMILES string of the molecule is NCC1(c2nc(Cc3ccc(F)cc3)no2)CCCC1. The van der Waals surface area contributed by atoms with Crippen LogP contribution in [-0.2, 0) is 11.8 Å². The van der Waals surface area contributed by atoms with Gasteiger partial charge in [0.1, 0.15) is 5.82 Å². The molecule has 2 N–H and O–H groups in total. The van der Waals surface area contributed by atoms with Crippen molar-refractivity contribution in [2.75, 3.05) is 6.54 Å². The summed E-state index contributed by atoms with van der Waals surface area (Å²) < 4.78 is 18.3. The first-order valence-corrected chi connectivity index (χ1v) is 6.99. The van der Waals surface area contributed by atoms with Gasteiger partial charge in [-0.05, 0) is 30.5 Å². The molecule has 0 radical (unpaired) electrons. The number of halogens is 1. The summed E-state index contributed by atoms with van der Waals surface area (Å²) >= 11 is 0. The van der Waals surface area contributed by atoms with E-state index in [1.807, 2.05) is 0 Å². The second-order valence-electron chi connectivity index (χ2n) is 5.51. The van der Waals surface area contributed by atoms with E-state index in [1.54, 1.807) is 12.1 Å². The van der Waals surface area contributed by atoms with Crippen LogP contribution in [0.15, 0.2) is 28.8 Å². The van der Waals surface area contributed by atoms with E-state index < -0.39 is 0 Å². The van der Waals surface area contributed by atoms with E-state index in [1.165, 1.54) is 12.1 Å². The van der Waals surface area contributed by atoms with E-state index in [4.69, 9.17) is 10.3 Å². The fourth-order valence-corrected chi connectivity index (χ4v) is 2.88. The van der Waals surface area contributed by atoms with E-state index in [9.17, 15) is 4.39 Å². The van der Waals surface area contributed by atoms with Crippen LogP contribution in [0.1, 0.15) is 43.0 Å². The predicted octanol–water partition coefficient (Wildman–Crippen LogP) is 2.57. The molecular formula is C15H18FN3O. The quantitative estimate of drug-likeness (QED) is 0.931. The zero-order chi connectivity index (χ0) is 14.0. The van der Waals surface area contributed by atoms with Gasteiger partial charge in [-0.25, -0.2) is 4.39 Å². The summed E-state index contributed by atoms with van der Waals surface area (Å²) in [6.45, 7) is 0.547. The van der Waals surface area contributed by atoms with Gasteiger partial charge in [-0.15, -0.1) is 0 Å². The maximum absolute atomic E-state index is 12.9. The molecule has 5 heteroatoms. The topological polar surface area (TPSA) is 64.9 Å². The van der Waals surface area contributed by atoms with E-state index in [0.717, 1.165) is 31.2 Å². The van der Waals surface area contributed by atoms with Crippen LogP contribution in [0, 0.1) is 5.82 Å². The molecule has 0 unspecified atom stereocenters. The highest BCUT2D eigenvalue weighted by atomic mass is 19.1. The maximum atomic E-state index is 12.9. The highest BCUT2D eigenvalue weighted by Gasteiger charge is 2.39. The van der Waals surface area contributed by atoms with Crippen molar-refractivity contribution < 1.29 is 8.91 Å². The van der Waals surface area contributed by atoms with Crippen LogP contribution >= 0.6 is 0 Å². The summed E-state index contributed by atoms with van der Waals surface area (Å²) in [4.78, 5) is 4.50. The van der Waals surface area contributed by atoms with Crippen LogP contribution in [0.4, 0.5) is 4.39 Å². The Balaban J connectivity index is 1.78. The monoisotopic (exact) mass is 275 g/mol. The number of hydrogen-bond donors (Lipinski definition) is 1. The van der Waals surface area contributed by atoms with Crippen molar-refractivity contribution >= 4 is 0 Å². The van der Waals surface area contributed by atoms with Gasteiger partial charge < -0.3 is 10.3 Å². The van der Waals surface area contributed by atoms with E-state index >= 15 is 0 Å². The van der Waals surface area contributed by atoms with Gasteiger partial charge in [0.05, 0.1) is 5.41 Å². The van der Waals surface area contributed by atoms with Gasteiger partial charge in [0.25, 0.3) is 0 Å². The van der Waals surface area contributed by atoms with Gasteiger partial charge in [-0.1, -0.05) is 30.1 Å². The van der Waals surface area contributed by atoms with Crippen molar-refractivity contribution in [2.45, 2.75) is 37.5 Å². The molecule has 1 aromatic heterocycles. The van der Waals surface area contributed by atoms with Gasteiger partial charge >= 0.3 is 0 Å². The van der Waals surface area contributed by atoms with Crippen LogP contribution in [0.25, 0.3) is 0 Å². The molecule has 0 aliphatic heterocycles. The normalized spacial score (nSPS) is 17.5. The Bertz CT molecular complexity index is 573. The Labute approximate surface area is 117 Å². The summed E-state index contributed by atoms with van der Waals surface area (Å²) in [7, 11) is 0. The standard InChI is InChI=1S/C15H18FN3O/c16-12-5-3-11(4-6-12)9-13-18-14(20-19-13)15(10-17)7-1-2-8-15/h3-6H,1-2,7-10,17H2. The zero-order valence-electron chi connectivity index (χ0n) is 11.3. The average molecular weight is 275 g/mol. The van der Waals surface area contributed by atoms with Crippen molar-refractivity contribution in [3.05, 3.63) is 47.4 Å². The number of hydrogen-bond acceptors (Lipinski definition) is 4. The summed E-state index contributed by atoms with van der Waals surface area (Å²) in [5.41, 5.74) is 6.74. The number of nitrogens with zero attached hydrogens (tertiary/aromatic N) is 2. The van der Waals surface area contributed by atoms with Crippen LogP contribution in [0.5, 0.6) is 0 Å². The highest BCUT2D eigenvalue weighted by molar-refractivity contribution is 5.20. The van der Waals surface area contributed by atoms with Crippen LogP contribution in [-0.4, -0.2) is 16.7 Å². The Morgan fingerprint density at radius 3 is 2.55 bits per heavy atom. The second-order valence-corrected chi connectivity index (χ2v) is 5.51. The molecule has 0 spiro atoms. The van der Waals surface area contributed by atoms with Crippen molar-refractivity contribution in [1.82, 2.24) is 10.1 Å². The number of aromatic nitrogens is 2. The van der Waals surface area contributed by atoms with Crippen molar-refractivity contribution in [3.8, 4) is 0 Å². The molecule has 0 amide bonds. The van der Waals surface area contributed by atoms with Gasteiger partial charge in [0.15, 0.2) is 5.82 Å². The van der Waals surface area contributed by atoms with Gasteiger partial charge in [-0.2, -0.15) is 4.98 Å². The first-order valence-electron chi connectivity index (χ1n) is 6.99. The largest absolute Gasteiger partial charge is 0.339 e. The second kappa shape index (κ2) is 5.32. The number of nitrogens with two attached hydrogens (primary N) is 1. The molecular weight excluding hydrogens is 257 g/mol. The first kappa shape index (κ1) is 13.2. The van der Waals surface area contributed by atoms with Crippen LogP contribution in [0.2, 0.25) is 0 Å². The lowest BCUT2D eigenvalue weighted by Gasteiger charge is -2.21. The lowest BCUT2D eigenvalue weighted by Crippen LogP contribution is -2.32. The Morgan fingerprint density at radius 1 is 1.20 bits per heavy atom. The Hall–Kier alpha value is -1.75. The van der Waals surface area contributed by atoms with Crippen molar-refractivity contribution in [3.63, 3.8) is 0 Å². The molecule has 0 saturated heterocycles. The number of benzene rings is 1. The molecule has 1 saturated carbocycles. The molecule has 1 aromatic carbocycles. The van der Waals surface area contributed by atoms with Crippen LogP contribution < -0.4 is 5.73 Å². The van der Waals surface area contributed by atoms with Crippen molar-refractivity contribution in [2.24, 2.45) is 5.73 Å². The third-order valence-corrected chi connectivity index (χ3v) is 4.15. The zero-order valence-corrected chi connectivity index (χ0v) is 11.3. The summed E-state index contributed by atoms with van der Waals surface area (Å²) in [5, 5.41) is 4.04. The molecule has 4 nitrogen and oxygen atoms in total. The third kappa shape index (κ3) is 2.45. The van der Waals surface area contributed by atoms with Crippen molar-refractivity contribution in [1.29, 1.82) is 0 Å². The lowest BCUT2D eigenvalue weighted by molar-refractivity contribution is 0.283. The third-order valence-electron chi connectivity index (χ3n) is 4.15. The number of rotatable bonds is 4. The van der Waals surface area contributed by atoms with Gasteiger partial charge in [0.2, 0.25) is 5.89 Å². The van der Waals surface area contributed by atoms with E-state index in [0.29, 0.717) is 24.7 Å². The fraction of sp³-hybridized carbons (Fsp3) is 0.467. The van der Waals surface area contributed by atoms with Gasteiger partial charge in [0, 0.05) is 13.0 Å². The predicted molar refractivity (Wildman–Crippen MR) is 72.7 cm³/mol. The molecule has 20 heavy (non-hydrogen) atoms. The Morgan fingerprint density at radius 2 is 1.90 bits per heavy atom. The molecule has 0 bridgehead atoms. The van der Waals surface area contributed by atoms with Gasteiger partial charge in [-0.3, -0.25) is 0 Å². The molecule has 2 aromatic rings. The minimum absolute atomic E-state index is 0.131. The summed E-state index contributed by atoms with van der Waals surface area (Å²) in [6.07, 6.45) is 4.90. The minimum Gasteiger partial charge on any atom is -0.339 e. The molecule has 1 heterocycles. The molecule has 3 rings (SSSR count). The fourth-order valence-electron chi connectivity index (χ4n) is 2.88. The minimum atomic E-state index is -0.240. The Kier molecular flexibility index (Phi) is 3.53.